The quantitative estimate of drug-likeness (QED) is 0.173. The molecule has 0 aliphatic rings. The lowest BCUT2D eigenvalue weighted by Gasteiger charge is -2.30. The van der Waals surface area contributed by atoms with Gasteiger partial charge in [-0.1, -0.05) is 152 Å². The summed E-state index contributed by atoms with van der Waals surface area (Å²) in [6, 6.07) is 71.0. The summed E-state index contributed by atoms with van der Waals surface area (Å²) in [6.07, 6.45) is 0. The van der Waals surface area contributed by atoms with Gasteiger partial charge in [0, 0.05) is 49.3 Å². The number of rotatable bonds is 6. The average molecular weight is 704 g/mol. The molecule has 0 bridgehead atoms. The van der Waals surface area contributed by atoms with E-state index in [1.54, 1.807) is 0 Å². The molecule has 0 fully saturated rings. The van der Waals surface area contributed by atoms with Crippen molar-refractivity contribution in [2.45, 2.75) is 0 Å². The molecule has 2 aromatic heterocycles. The fourth-order valence-electron chi connectivity index (χ4n) is 8.30. The molecule has 0 amide bonds. The third kappa shape index (κ3) is 5.13. The third-order valence-electron chi connectivity index (χ3n) is 10.9. The van der Waals surface area contributed by atoms with Crippen molar-refractivity contribution in [3.05, 3.63) is 200 Å². The smallest absolute Gasteiger partial charge is 0.143 e. The van der Waals surface area contributed by atoms with Crippen LogP contribution in [0.15, 0.2) is 209 Å². The maximum atomic E-state index is 6.90. The standard InChI is InChI=1S/C52H33NO2/c1-2-14-34(15-3-1)39-19-6-9-25-47(39)53(38-18-12-17-36(32-38)37-29-31-50-46(33-37)42-22-8-11-27-49(42)54-50)48-26-10-7-21-41(48)43-23-13-24-44-45-30-28-35-16-4-5-20-40(35)51(45)55-52(43)44/h1-33H. The summed E-state index contributed by atoms with van der Waals surface area (Å²) in [6.45, 7) is 0. The zero-order chi connectivity index (χ0) is 36.3. The SMILES string of the molecule is c1ccc(-c2ccccc2N(c2cccc(-c3ccc4oc5ccccc5c4c3)c2)c2ccccc2-c2cccc3c2oc2c4ccccc4ccc32)cc1. The van der Waals surface area contributed by atoms with E-state index in [9.17, 15) is 0 Å². The number of hydrogen-bond donors (Lipinski definition) is 0. The first-order valence-electron chi connectivity index (χ1n) is 18.7. The summed E-state index contributed by atoms with van der Waals surface area (Å²) in [5.41, 5.74) is 13.4. The minimum atomic E-state index is 0.881. The first kappa shape index (κ1) is 31.2. The Morgan fingerprint density at radius 2 is 0.927 bits per heavy atom. The first-order chi connectivity index (χ1) is 27.3. The highest BCUT2D eigenvalue weighted by Crippen LogP contribution is 2.47. The first-order valence-corrected chi connectivity index (χ1v) is 18.7. The van der Waals surface area contributed by atoms with E-state index < -0.39 is 0 Å². The Labute approximate surface area is 317 Å². The highest BCUT2D eigenvalue weighted by atomic mass is 16.3. The van der Waals surface area contributed by atoms with E-state index in [0.717, 1.165) is 99.7 Å². The average Bonchev–Trinajstić information content (AvgIpc) is 3.83. The Bertz CT molecular complexity index is 3220. The molecule has 0 N–H and O–H groups in total. The van der Waals surface area contributed by atoms with Gasteiger partial charge in [-0.25, -0.2) is 0 Å². The number of hydrogen-bond acceptors (Lipinski definition) is 3. The van der Waals surface area contributed by atoms with Crippen molar-refractivity contribution in [2.75, 3.05) is 4.90 Å². The Hall–Kier alpha value is -7.36. The van der Waals surface area contributed by atoms with Crippen LogP contribution in [0.4, 0.5) is 17.1 Å². The largest absolute Gasteiger partial charge is 0.456 e. The van der Waals surface area contributed by atoms with Crippen LogP contribution in [-0.2, 0) is 0 Å². The van der Waals surface area contributed by atoms with E-state index in [2.05, 4.69) is 193 Å². The molecule has 0 atom stereocenters. The van der Waals surface area contributed by atoms with Crippen molar-refractivity contribution in [1.82, 2.24) is 0 Å². The summed E-state index contributed by atoms with van der Waals surface area (Å²) >= 11 is 0. The number of para-hydroxylation sites is 4. The van der Waals surface area contributed by atoms with Crippen LogP contribution in [-0.4, -0.2) is 0 Å². The number of benzene rings is 9. The van der Waals surface area contributed by atoms with Gasteiger partial charge in [0.15, 0.2) is 0 Å². The van der Waals surface area contributed by atoms with Gasteiger partial charge >= 0.3 is 0 Å². The van der Waals surface area contributed by atoms with E-state index in [-0.39, 0.29) is 0 Å². The summed E-state index contributed by atoms with van der Waals surface area (Å²) in [4.78, 5) is 2.41. The number of anilines is 3. The molecule has 0 saturated carbocycles. The van der Waals surface area contributed by atoms with Gasteiger partial charge in [0.25, 0.3) is 0 Å². The van der Waals surface area contributed by atoms with Crippen LogP contribution in [0.25, 0.3) is 88.0 Å². The summed E-state index contributed by atoms with van der Waals surface area (Å²) in [5.74, 6) is 0. The Morgan fingerprint density at radius 1 is 0.309 bits per heavy atom. The lowest BCUT2D eigenvalue weighted by molar-refractivity contribution is 0.669. The molecule has 0 radical (unpaired) electrons. The van der Waals surface area contributed by atoms with Gasteiger partial charge in [0.2, 0.25) is 0 Å². The summed E-state index contributed by atoms with van der Waals surface area (Å²) in [5, 5.41) is 6.74. The van der Waals surface area contributed by atoms with Gasteiger partial charge in [-0.3, -0.25) is 0 Å². The van der Waals surface area contributed by atoms with E-state index in [1.807, 2.05) is 12.1 Å². The highest BCUT2D eigenvalue weighted by molar-refractivity contribution is 6.18. The maximum Gasteiger partial charge on any atom is 0.143 e. The number of nitrogens with zero attached hydrogens (tertiary/aromatic N) is 1. The Morgan fingerprint density at radius 3 is 1.82 bits per heavy atom. The minimum absolute atomic E-state index is 0.881. The molecule has 2 heterocycles. The molecular formula is C52H33NO2. The van der Waals surface area contributed by atoms with Crippen molar-refractivity contribution in [3.8, 4) is 33.4 Å². The third-order valence-corrected chi connectivity index (χ3v) is 10.9. The van der Waals surface area contributed by atoms with Gasteiger partial charge in [-0.15, -0.1) is 0 Å². The normalized spacial score (nSPS) is 11.6. The van der Waals surface area contributed by atoms with Crippen LogP contribution in [0, 0.1) is 0 Å². The highest BCUT2D eigenvalue weighted by Gasteiger charge is 2.23. The molecule has 11 rings (SSSR count). The number of fused-ring (bicyclic) bond motifs is 8. The lowest BCUT2D eigenvalue weighted by atomic mass is 9.96. The van der Waals surface area contributed by atoms with Gasteiger partial charge in [0.1, 0.15) is 22.3 Å². The molecule has 0 spiro atoms. The molecule has 3 heteroatoms. The van der Waals surface area contributed by atoms with Crippen molar-refractivity contribution in [3.63, 3.8) is 0 Å². The van der Waals surface area contributed by atoms with Gasteiger partial charge in [0.05, 0.1) is 11.4 Å². The summed E-state index contributed by atoms with van der Waals surface area (Å²) < 4.78 is 13.1. The molecular weight excluding hydrogens is 671 g/mol. The molecule has 0 unspecified atom stereocenters. The van der Waals surface area contributed by atoms with Crippen molar-refractivity contribution >= 4 is 71.7 Å². The van der Waals surface area contributed by atoms with E-state index in [1.165, 1.54) is 5.39 Å². The molecule has 0 saturated heterocycles. The van der Waals surface area contributed by atoms with Gasteiger partial charge in [-0.2, -0.15) is 0 Å². The fraction of sp³-hybridized carbons (Fsp3) is 0. The zero-order valence-electron chi connectivity index (χ0n) is 29.8. The molecule has 0 aliphatic heterocycles. The molecule has 258 valence electrons. The Kier molecular flexibility index (Phi) is 7.17. The van der Waals surface area contributed by atoms with Crippen LogP contribution in [0.1, 0.15) is 0 Å². The summed E-state index contributed by atoms with van der Waals surface area (Å²) in [7, 11) is 0. The zero-order valence-corrected chi connectivity index (χ0v) is 29.8. The molecule has 9 aromatic carbocycles. The second-order valence-electron chi connectivity index (χ2n) is 14.0. The van der Waals surface area contributed by atoms with Crippen LogP contribution in [0.3, 0.4) is 0 Å². The molecule has 0 aliphatic carbocycles. The monoisotopic (exact) mass is 703 g/mol. The van der Waals surface area contributed by atoms with Crippen molar-refractivity contribution in [1.29, 1.82) is 0 Å². The predicted molar refractivity (Wildman–Crippen MR) is 229 cm³/mol. The maximum absolute atomic E-state index is 6.90. The van der Waals surface area contributed by atoms with E-state index >= 15 is 0 Å². The topological polar surface area (TPSA) is 29.5 Å². The van der Waals surface area contributed by atoms with Gasteiger partial charge < -0.3 is 13.7 Å². The van der Waals surface area contributed by atoms with Crippen LogP contribution >= 0.6 is 0 Å². The van der Waals surface area contributed by atoms with E-state index in [4.69, 9.17) is 8.83 Å². The lowest BCUT2D eigenvalue weighted by Crippen LogP contribution is -2.12. The Balaban J connectivity index is 1.14. The minimum Gasteiger partial charge on any atom is -0.456 e. The van der Waals surface area contributed by atoms with E-state index in [0.29, 0.717) is 0 Å². The predicted octanol–water partition coefficient (Wildman–Crippen LogP) is 15.1. The molecule has 11 aromatic rings. The molecule has 55 heavy (non-hydrogen) atoms. The van der Waals surface area contributed by atoms with Crippen LogP contribution in [0.5, 0.6) is 0 Å². The van der Waals surface area contributed by atoms with Gasteiger partial charge in [-0.05, 0) is 70.6 Å². The van der Waals surface area contributed by atoms with Crippen LogP contribution < -0.4 is 4.90 Å². The molecule has 3 nitrogen and oxygen atoms in total. The number of furan rings is 2. The van der Waals surface area contributed by atoms with Crippen molar-refractivity contribution < 1.29 is 8.83 Å². The second kappa shape index (κ2) is 12.6. The van der Waals surface area contributed by atoms with Crippen molar-refractivity contribution in [2.24, 2.45) is 0 Å². The second-order valence-corrected chi connectivity index (χ2v) is 14.0. The van der Waals surface area contributed by atoms with Crippen LogP contribution in [0.2, 0.25) is 0 Å². The fourth-order valence-corrected chi connectivity index (χ4v) is 8.30.